The molecule has 224 valence electrons. The van der Waals surface area contributed by atoms with Gasteiger partial charge in [0.25, 0.3) is 0 Å². The van der Waals surface area contributed by atoms with E-state index < -0.39 is 18.3 Å². The van der Waals surface area contributed by atoms with Gasteiger partial charge in [0.05, 0.1) is 23.4 Å². The zero-order valence-corrected chi connectivity index (χ0v) is 24.6. The lowest BCUT2D eigenvalue weighted by Crippen LogP contribution is -2.28. The number of carbonyl (C=O) groups excluding carboxylic acids is 1. The number of thiazole rings is 1. The maximum Gasteiger partial charge on any atom is 0.573 e. The standard InChI is InChI=1S/C31H26F3N7O2S/c1-19-5-4-6-20(2)27(19)41-21(3)17-44-30(41)38-29(42)36-16-24(15-35)22-7-9-23(10-8-22)28-37-18-40(39-28)25-11-13-26(14-12-25)43-31(32,33)34/h4-14,17-18,24H,16H2,1-3H3,(H,36,42). The molecule has 0 bridgehead atoms. The van der Waals surface area contributed by atoms with Crippen LogP contribution in [0, 0.1) is 32.1 Å². The van der Waals surface area contributed by atoms with E-state index >= 15 is 0 Å². The second-order valence-corrected chi connectivity index (χ2v) is 10.7. The van der Waals surface area contributed by atoms with E-state index in [1.165, 1.54) is 46.6 Å². The number of para-hydroxylation sites is 1. The summed E-state index contributed by atoms with van der Waals surface area (Å²) in [4.78, 5) is 21.9. The van der Waals surface area contributed by atoms with Crippen LogP contribution in [0.15, 0.2) is 83.4 Å². The Morgan fingerprint density at radius 3 is 2.39 bits per heavy atom. The van der Waals surface area contributed by atoms with Gasteiger partial charge < -0.3 is 10.1 Å². The molecular weight excluding hydrogens is 591 g/mol. The molecule has 44 heavy (non-hydrogen) atoms. The lowest BCUT2D eigenvalue weighted by atomic mass is 9.99. The summed E-state index contributed by atoms with van der Waals surface area (Å²) in [6.07, 6.45) is -3.33. The molecule has 13 heteroatoms. The van der Waals surface area contributed by atoms with E-state index in [9.17, 15) is 23.2 Å². The molecule has 1 N–H and O–H groups in total. The lowest BCUT2D eigenvalue weighted by Gasteiger charge is -2.13. The number of nitrogens with one attached hydrogen (secondary N) is 1. The Kier molecular flexibility index (Phi) is 8.64. The third kappa shape index (κ3) is 6.87. The molecule has 2 amide bonds. The summed E-state index contributed by atoms with van der Waals surface area (Å²) in [5.41, 5.74) is 5.94. The van der Waals surface area contributed by atoms with Crippen LogP contribution in [0.2, 0.25) is 0 Å². The molecule has 1 unspecified atom stereocenters. The van der Waals surface area contributed by atoms with E-state index in [1.54, 1.807) is 24.3 Å². The number of benzene rings is 3. The van der Waals surface area contributed by atoms with Gasteiger partial charge in [0.15, 0.2) is 10.6 Å². The predicted molar refractivity (Wildman–Crippen MR) is 159 cm³/mol. The number of carbonyl (C=O) groups is 1. The first-order valence-electron chi connectivity index (χ1n) is 13.4. The van der Waals surface area contributed by atoms with Crippen molar-refractivity contribution in [3.05, 3.63) is 106 Å². The van der Waals surface area contributed by atoms with Crippen molar-refractivity contribution in [1.29, 1.82) is 5.26 Å². The summed E-state index contributed by atoms with van der Waals surface area (Å²) < 4.78 is 44.5. The monoisotopic (exact) mass is 617 g/mol. The first-order chi connectivity index (χ1) is 21.0. The topological polar surface area (TPSA) is 110 Å². The molecule has 5 aromatic rings. The average molecular weight is 618 g/mol. The number of hydrogen-bond acceptors (Lipinski definition) is 6. The summed E-state index contributed by atoms with van der Waals surface area (Å²) in [5, 5.41) is 18.9. The van der Waals surface area contributed by atoms with Crippen LogP contribution in [-0.4, -0.2) is 38.3 Å². The molecule has 1 atom stereocenters. The number of aromatic nitrogens is 4. The largest absolute Gasteiger partial charge is 0.573 e. The third-order valence-corrected chi connectivity index (χ3v) is 7.69. The number of nitriles is 1. The first-order valence-corrected chi connectivity index (χ1v) is 14.2. The fraction of sp³-hybridized carbons (Fsp3) is 0.194. The molecule has 0 saturated heterocycles. The zero-order chi connectivity index (χ0) is 31.4. The van der Waals surface area contributed by atoms with Gasteiger partial charge in [-0.2, -0.15) is 10.3 Å². The minimum absolute atomic E-state index is 0.0624. The molecule has 0 fully saturated rings. The van der Waals surface area contributed by atoms with Crippen LogP contribution >= 0.6 is 11.3 Å². The van der Waals surface area contributed by atoms with Crippen molar-refractivity contribution in [2.45, 2.75) is 33.1 Å². The Bertz CT molecular complexity index is 1880. The van der Waals surface area contributed by atoms with Crippen molar-refractivity contribution in [3.8, 4) is 34.6 Å². The Morgan fingerprint density at radius 2 is 1.75 bits per heavy atom. The number of nitrogens with zero attached hydrogens (tertiary/aromatic N) is 6. The number of hydrogen-bond donors (Lipinski definition) is 1. The van der Waals surface area contributed by atoms with Crippen LogP contribution in [0.25, 0.3) is 22.8 Å². The van der Waals surface area contributed by atoms with Gasteiger partial charge in [-0.3, -0.25) is 4.57 Å². The van der Waals surface area contributed by atoms with E-state index in [4.69, 9.17) is 0 Å². The Labute approximate surface area is 254 Å². The minimum Gasteiger partial charge on any atom is -0.406 e. The smallest absolute Gasteiger partial charge is 0.406 e. The Morgan fingerprint density at radius 1 is 1.07 bits per heavy atom. The maximum absolute atomic E-state index is 12.8. The average Bonchev–Trinajstić information content (AvgIpc) is 3.61. The molecule has 9 nitrogen and oxygen atoms in total. The normalized spacial score (nSPS) is 12.5. The SMILES string of the molecule is Cc1cccc(C)c1-n1c(C)csc1=NC(=O)NCC(C#N)c1ccc(-c2ncn(-c3ccc(OC(F)(F)F)cc3)n2)cc1. The number of alkyl halides is 3. The summed E-state index contributed by atoms with van der Waals surface area (Å²) in [6.45, 7) is 6.05. The molecule has 0 aliphatic carbocycles. The van der Waals surface area contributed by atoms with Crippen molar-refractivity contribution < 1.29 is 22.7 Å². The van der Waals surface area contributed by atoms with E-state index in [-0.39, 0.29) is 12.3 Å². The van der Waals surface area contributed by atoms with Gasteiger partial charge in [0.1, 0.15) is 12.1 Å². The summed E-state index contributed by atoms with van der Waals surface area (Å²) in [5.74, 6) is -0.574. The second kappa shape index (κ2) is 12.6. The van der Waals surface area contributed by atoms with E-state index in [1.807, 2.05) is 48.9 Å². The van der Waals surface area contributed by atoms with Crippen LogP contribution in [0.4, 0.5) is 18.0 Å². The van der Waals surface area contributed by atoms with Crippen LogP contribution in [0.5, 0.6) is 5.75 Å². The van der Waals surface area contributed by atoms with Gasteiger partial charge in [0, 0.05) is 23.2 Å². The molecule has 2 aromatic heterocycles. The molecule has 0 saturated carbocycles. The first kappa shape index (κ1) is 30.2. The van der Waals surface area contributed by atoms with Crippen molar-refractivity contribution in [3.63, 3.8) is 0 Å². The van der Waals surface area contributed by atoms with Gasteiger partial charge >= 0.3 is 12.4 Å². The highest BCUT2D eigenvalue weighted by Gasteiger charge is 2.31. The highest BCUT2D eigenvalue weighted by molar-refractivity contribution is 7.07. The molecule has 0 aliphatic heterocycles. The summed E-state index contributed by atoms with van der Waals surface area (Å²) in [7, 11) is 0. The van der Waals surface area contributed by atoms with Crippen LogP contribution < -0.4 is 14.9 Å². The van der Waals surface area contributed by atoms with E-state index in [2.05, 4.69) is 31.2 Å². The lowest BCUT2D eigenvalue weighted by molar-refractivity contribution is -0.274. The molecule has 3 aromatic carbocycles. The molecular formula is C31H26F3N7O2S. The zero-order valence-electron chi connectivity index (χ0n) is 23.8. The number of urea groups is 1. The Balaban J connectivity index is 1.25. The number of ether oxygens (including phenoxy) is 1. The molecule has 5 rings (SSSR count). The molecule has 2 heterocycles. The fourth-order valence-electron chi connectivity index (χ4n) is 4.64. The number of aryl methyl sites for hydroxylation is 3. The van der Waals surface area contributed by atoms with Gasteiger partial charge in [-0.15, -0.1) is 29.6 Å². The van der Waals surface area contributed by atoms with Crippen LogP contribution in [0.3, 0.4) is 0 Å². The third-order valence-electron chi connectivity index (χ3n) is 6.75. The van der Waals surface area contributed by atoms with Gasteiger partial charge in [-0.1, -0.05) is 42.5 Å². The second-order valence-electron chi connectivity index (χ2n) is 9.89. The Hall–Kier alpha value is -5.22. The van der Waals surface area contributed by atoms with Crippen molar-refractivity contribution in [2.24, 2.45) is 4.99 Å². The van der Waals surface area contributed by atoms with Gasteiger partial charge in [-0.25, -0.2) is 14.5 Å². The van der Waals surface area contributed by atoms with Crippen molar-refractivity contribution in [1.82, 2.24) is 24.6 Å². The molecule has 0 radical (unpaired) electrons. The quantitative estimate of drug-likeness (QED) is 0.223. The van der Waals surface area contributed by atoms with E-state index in [0.29, 0.717) is 27.4 Å². The van der Waals surface area contributed by atoms with Crippen LogP contribution in [-0.2, 0) is 0 Å². The predicted octanol–water partition coefficient (Wildman–Crippen LogP) is 6.53. The number of halogens is 3. The van der Waals surface area contributed by atoms with Gasteiger partial charge in [0.2, 0.25) is 0 Å². The molecule has 0 spiro atoms. The minimum atomic E-state index is -4.77. The van der Waals surface area contributed by atoms with Crippen molar-refractivity contribution in [2.75, 3.05) is 6.54 Å². The summed E-state index contributed by atoms with van der Waals surface area (Å²) >= 11 is 1.37. The van der Waals surface area contributed by atoms with Gasteiger partial charge in [-0.05, 0) is 61.7 Å². The number of amides is 2. The number of rotatable bonds is 7. The highest BCUT2D eigenvalue weighted by atomic mass is 32.1. The maximum atomic E-state index is 12.8. The van der Waals surface area contributed by atoms with Crippen molar-refractivity contribution >= 4 is 17.4 Å². The summed E-state index contributed by atoms with van der Waals surface area (Å²) in [6, 6.07) is 20.0. The fourth-order valence-corrected chi connectivity index (χ4v) is 5.50. The van der Waals surface area contributed by atoms with E-state index in [0.717, 1.165) is 22.5 Å². The highest BCUT2D eigenvalue weighted by Crippen LogP contribution is 2.25. The van der Waals surface area contributed by atoms with Crippen LogP contribution in [0.1, 0.15) is 28.3 Å². The molecule has 0 aliphatic rings.